The predicted octanol–water partition coefficient (Wildman–Crippen LogP) is 15.3. The van der Waals surface area contributed by atoms with Crippen molar-refractivity contribution < 1.29 is 9.15 Å². The smallest absolute Gasteiger partial charge is 0.152 e. The Labute approximate surface area is 335 Å². The molecule has 0 fully saturated rings. The summed E-state index contributed by atoms with van der Waals surface area (Å²) < 4.78 is 15.4. The van der Waals surface area contributed by atoms with Crippen molar-refractivity contribution in [2.24, 2.45) is 0 Å². The molecular formula is C54H34N2O2. The maximum Gasteiger partial charge on any atom is 0.152 e. The van der Waals surface area contributed by atoms with Gasteiger partial charge in [-0.05, 0) is 106 Å². The number of hydrogen-bond acceptors (Lipinski definition) is 3. The molecule has 3 heterocycles. The van der Waals surface area contributed by atoms with E-state index in [0.29, 0.717) is 0 Å². The second kappa shape index (κ2) is 12.9. The van der Waals surface area contributed by atoms with Gasteiger partial charge in [-0.2, -0.15) is 0 Å². The van der Waals surface area contributed by atoms with Crippen molar-refractivity contribution in [2.75, 3.05) is 4.90 Å². The summed E-state index contributed by atoms with van der Waals surface area (Å²) in [4.78, 5) is 2.32. The Morgan fingerprint density at radius 3 is 1.71 bits per heavy atom. The lowest BCUT2D eigenvalue weighted by molar-refractivity contribution is 0.476. The lowest BCUT2D eigenvalue weighted by atomic mass is 9.98. The van der Waals surface area contributed by atoms with Crippen LogP contribution in [0.2, 0.25) is 0 Å². The Morgan fingerprint density at radius 2 is 0.948 bits per heavy atom. The minimum absolute atomic E-state index is 0.852. The summed E-state index contributed by atoms with van der Waals surface area (Å²) in [6.45, 7) is 0. The van der Waals surface area contributed by atoms with Gasteiger partial charge in [-0.3, -0.25) is 0 Å². The predicted molar refractivity (Wildman–Crippen MR) is 239 cm³/mol. The molecule has 0 spiro atoms. The Morgan fingerprint density at radius 1 is 0.379 bits per heavy atom. The number of hydrogen-bond donors (Lipinski definition) is 0. The largest absolute Gasteiger partial charge is 0.456 e. The van der Waals surface area contributed by atoms with Crippen LogP contribution in [-0.4, -0.2) is 4.57 Å². The van der Waals surface area contributed by atoms with Crippen LogP contribution in [0.4, 0.5) is 17.1 Å². The number of fused-ring (bicyclic) bond motifs is 8. The molecule has 0 unspecified atom stereocenters. The quantitative estimate of drug-likeness (QED) is 0.170. The van der Waals surface area contributed by atoms with Crippen LogP contribution in [0.25, 0.3) is 82.8 Å². The van der Waals surface area contributed by atoms with E-state index < -0.39 is 0 Å². The summed E-state index contributed by atoms with van der Waals surface area (Å²) in [7, 11) is 0. The number of rotatable bonds is 6. The van der Waals surface area contributed by atoms with Crippen molar-refractivity contribution in [3.05, 3.63) is 206 Å². The molecule has 0 saturated heterocycles. The second-order valence-corrected chi connectivity index (χ2v) is 14.9. The average molecular weight is 743 g/mol. The van der Waals surface area contributed by atoms with Crippen molar-refractivity contribution >= 4 is 60.8 Å². The number of anilines is 3. The summed E-state index contributed by atoms with van der Waals surface area (Å²) in [6.07, 6.45) is 0. The highest BCUT2D eigenvalue weighted by Crippen LogP contribution is 2.48. The molecule has 9 aromatic carbocycles. The van der Waals surface area contributed by atoms with Crippen LogP contribution < -0.4 is 9.64 Å². The maximum absolute atomic E-state index is 6.62. The Hall–Kier alpha value is -7.82. The molecule has 4 heteroatoms. The molecule has 0 N–H and O–H groups in total. The zero-order valence-corrected chi connectivity index (χ0v) is 31.3. The van der Waals surface area contributed by atoms with Crippen LogP contribution in [0.5, 0.6) is 11.5 Å². The third-order valence-corrected chi connectivity index (χ3v) is 11.6. The van der Waals surface area contributed by atoms with Gasteiger partial charge in [-0.1, -0.05) is 127 Å². The fourth-order valence-electron chi connectivity index (χ4n) is 8.89. The fraction of sp³-hybridized carbons (Fsp3) is 0. The summed E-state index contributed by atoms with van der Waals surface area (Å²) in [5.41, 5.74) is 15.2. The van der Waals surface area contributed by atoms with E-state index in [9.17, 15) is 0 Å². The van der Waals surface area contributed by atoms with Crippen LogP contribution in [0, 0.1) is 0 Å². The SMILES string of the molecule is c1ccc(-c2ccc(N(c3ccc(-c4cccc5c4c4cccc6c4n5-c4ccccc4O6)cc3)c3ccc4c(c3)oc3cc(-c5ccccc5)ccc34)cc2)cc1. The van der Waals surface area contributed by atoms with E-state index in [1.807, 2.05) is 18.2 Å². The zero-order valence-electron chi connectivity index (χ0n) is 31.3. The first-order chi connectivity index (χ1) is 28.7. The molecule has 1 aliphatic rings. The van der Waals surface area contributed by atoms with Gasteiger partial charge in [0.25, 0.3) is 0 Å². The highest BCUT2D eigenvalue weighted by atomic mass is 16.5. The number of nitrogens with zero attached hydrogens (tertiary/aromatic N) is 2. The van der Waals surface area contributed by atoms with E-state index >= 15 is 0 Å². The highest BCUT2D eigenvalue weighted by molar-refractivity contribution is 6.17. The second-order valence-electron chi connectivity index (χ2n) is 14.9. The monoisotopic (exact) mass is 742 g/mol. The highest BCUT2D eigenvalue weighted by Gasteiger charge is 2.25. The van der Waals surface area contributed by atoms with E-state index in [1.165, 1.54) is 33.0 Å². The molecule has 4 nitrogen and oxygen atoms in total. The Bertz CT molecular complexity index is 3340. The zero-order chi connectivity index (χ0) is 38.2. The number of aromatic nitrogens is 1. The number of para-hydroxylation sites is 3. The Kier molecular flexibility index (Phi) is 7.20. The average Bonchev–Trinajstić information content (AvgIpc) is 3.84. The third-order valence-electron chi connectivity index (χ3n) is 11.6. The normalized spacial score (nSPS) is 11.9. The summed E-state index contributed by atoms with van der Waals surface area (Å²) >= 11 is 0. The van der Waals surface area contributed by atoms with E-state index in [2.05, 4.69) is 198 Å². The number of furan rings is 1. The van der Waals surface area contributed by atoms with Crippen molar-refractivity contribution in [3.63, 3.8) is 0 Å². The first kappa shape index (κ1) is 32.4. The van der Waals surface area contributed by atoms with Crippen molar-refractivity contribution in [2.45, 2.75) is 0 Å². The first-order valence-electron chi connectivity index (χ1n) is 19.7. The molecule has 11 aromatic rings. The Balaban J connectivity index is 0.984. The van der Waals surface area contributed by atoms with Crippen LogP contribution >= 0.6 is 0 Å². The number of benzene rings is 9. The van der Waals surface area contributed by atoms with Gasteiger partial charge in [0.1, 0.15) is 11.2 Å². The third kappa shape index (κ3) is 5.09. The molecule has 2 aromatic heterocycles. The minimum atomic E-state index is 0.852. The van der Waals surface area contributed by atoms with Crippen LogP contribution in [-0.2, 0) is 0 Å². The standard InChI is InChI=1S/C54H34N2O2/c1-3-11-35(12-4-1)37-21-26-40(27-22-37)55(42-30-32-45-44-31-25-39(36-13-5-2-6-14-36)33-51(44)58-52(45)34-42)41-28-23-38(24-29-41)43-15-9-18-48-53(43)46-16-10-20-50-54(46)56(48)47-17-7-8-19-49(47)57-50/h1-34H. The van der Waals surface area contributed by atoms with E-state index in [-0.39, 0.29) is 0 Å². The first-order valence-corrected chi connectivity index (χ1v) is 19.7. The van der Waals surface area contributed by atoms with E-state index in [4.69, 9.17) is 9.15 Å². The van der Waals surface area contributed by atoms with E-state index in [0.717, 1.165) is 78.3 Å². The topological polar surface area (TPSA) is 30.5 Å². The summed E-state index contributed by atoms with van der Waals surface area (Å²) in [5.74, 6) is 1.74. The van der Waals surface area contributed by atoms with Gasteiger partial charge in [-0.25, -0.2) is 0 Å². The lowest BCUT2D eigenvalue weighted by Gasteiger charge is -2.26. The van der Waals surface area contributed by atoms with Crippen molar-refractivity contribution in [1.82, 2.24) is 4.57 Å². The van der Waals surface area contributed by atoms with Crippen LogP contribution in [0.1, 0.15) is 0 Å². The lowest BCUT2D eigenvalue weighted by Crippen LogP contribution is -2.09. The molecule has 0 bridgehead atoms. The van der Waals surface area contributed by atoms with Gasteiger partial charge < -0.3 is 18.6 Å². The van der Waals surface area contributed by atoms with Gasteiger partial charge in [0, 0.05) is 44.7 Å². The minimum Gasteiger partial charge on any atom is -0.456 e. The van der Waals surface area contributed by atoms with Gasteiger partial charge in [0.2, 0.25) is 0 Å². The fourth-order valence-corrected chi connectivity index (χ4v) is 8.89. The van der Waals surface area contributed by atoms with Gasteiger partial charge in [0.15, 0.2) is 11.5 Å². The van der Waals surface area contributed by atoms with Gasteiger partial charge in [0.05, 0.1) is 16.7 Å². The van der Waals surface area contributed by atoms with Crippen LogP contribution in [0.15, 0.2) is 211 Å². The molecule has 1 aliphatic heterocycles. The molecule has 0 radical (unpaired) electrons. The summed E-state index contributed by atoms with van der Waals surface area (Å²) in [6, 6.07) is 73.1. The van der Waals surface area contributed by atoms with Gasteiger partial charge in [-0.15, -0.1) is 0 Å². The van der Waals surface area contributed by atoms with Crippen molar-refractivity contribution in [3.8, 4) is 50.6 Å². The maximum atomic E-state index is 6.62. The van der Waals surface area contributed by atoms with E-state index in [1.54, 1.807) is 0 Å². The molecule has 12 rings (SSSR count). The molecule has 0 aliphatic carbocycles. The molecular weight excluding hydrogens is 709 g/mol. The summed E-state index contributed by atoms with van der Waals surface area (Å²) in [5, 5.41) is 4.60. The van der Waals surface area contributed by atoms with Crippen molar-refractivity contribution in [1.29, 1.82) is 0 Å². The molecule has 58 heavy (non-hydrogen) atoms. The number of ether oxygens (including phenoxy) is 1. The molecule has 0 saturated carbocycles. The van der Waals surface area contributed by atoms with Gasteiger partial charge >= 0.3 is 0 Å². The van der Waals surface area contributed by atoms with Crippen LogP contribution in [0.3, 0.4) is 0 Å². The molecule has 0 atom stereocenters. The molecule has 0 amide bonds. The molecule has 272 valence electrons.